The summed E-state index contributed by atoms with van der Waals surface area (Å²) >= 11 is 0. The van der Waals surface area contributed by atoms with Gasteiger partial charge in [-0.25, -0.2) is 4.39 Å². The Hall–Kier alpha value is -2.95. The third-order valence-electron chi connectivity index (χ3n) is 3.32. The van der Waals surface area contributed by atoms with Gasteiger partial charge in [-0.3, -0.25) is 9.59 Å². The third-order valence-corrected chi connectivity index (χ3v) is 3.32. The first-order valence-corrected chi connectivity index (χ1v) is 7.09. The molecule has 0 heterocycles. The van der Waals surface area contributed by atoms with Gasteiger partial charge in [0, 0.05) is 11.3 Å². The molecule has 5 heteroatoms. The lowest BCUT2D eigenvalue weighted by Crippen LogP contribution is -2.26. The minimum Gasteiger partial charge on any atom is -0.346 e. The van der Waals surface area contributed by atoms with Gasteiger partial charge in [0.2, 0.25) is 5.91 Å². The number of anilines is 1. The molecule has 0 bridgehead atoms. The summed E-state index contributed by atoms with van der Waals surface area (Å²) in [7, 11) is 0. The summed E-state index contributed by atoms with van der Waals surface area (Å²) in [5, 5.41) is 5.44. The zero-order valence-corrected chi connectivity index (χ0v) is 12.7. The van der Waals surface area contributed by atoms with Crippen molar-refractivity contribution in [2.24, 2.45) is 0 Å². The molecular formula is C18H17FN2O2. The first kappa shape index (κ1) is 16.4. The van der Waals surface area contributed by atoms with Crippen LogP contribution in [0.5, 0.6) is 0 Å². The van der Waals surface area contributed by atoms with E-state index in [-0.39, 0.29) is 23.7 Å². The molecule has 0 spiro atoms. The Morgan fingerprint density at radius 2 is 1.70 bits per heavy atom. The number of amides is 2. The highest BCUT2D eigenvalue weighted by Gasteiger charge is 2.11. The van der Waals surface area contributed by atoms with E-state index in [1.165, 1.54) is 18.2 Å². The van der Waals surface area contributed by atoms with E-state index in [4.69, 9.17) is 0 Å². The molecule has 1 atom stereocenters. The number of hydrogen-bond acceptors (Lipinski definition) is 2. The fourth-order valence-corrected chi connectivity index (χ4v) is 2.01. The van der Waals surface area contributed by atoms with E-state index < -0.39 is 0 Å². The predicted octanol–water partition coefficient (Wildman–Crippen LogP) is 3.44. The van der Waals surface area contributed by atoms with Crippen LogP contribution in [0.1, 0.15) is 28.9 Å². The average Bonchev–Trinajstić information content (AvgIpc) is 2.55. The SMILES string of the molecule is C=CC(=O)Nc1ccc(C(=O)NC(C)c2ccc(F)cc2)cc1. The van der Waals surface area contributed by atoms with Crippen molar-refractivity contribution in [3.63, 3.8) is 0 Å². The van der Waals surface area contributed by atoms with Crippen molar-refractivity contribution in [2.75, 3.05) is 5.32 Å². The zero-order valence-electron chi connectivity index (χ0n) is 12.7. The molecule has 2 amide bonds. The van der Waals surface area contributed by atoms with Gasteiger partial charge in [-0.15, -0.1) is 0 Å². The number of nitrogens with one attached hydrogen (secondary N) is 2. The minimum absolute atomic E-state index is 0.247. The van der Waals surface area contributed by atoms with E-state index in [2.05, 4.69) is 17.2 Å². The second kappa shape index (κ2) is 7.35. The standard InChI is InChI=1S/C18H17FN2O2/c1-3-17(22)21-16-10-6-14(7-11-16)18(23)20-12(2)13-4-8-15(19)9-5-13/h3-12H,1H2,2H3,(H,20,23)(H,21,22). The van der Waals surface area contributed by atoms with Crippen LogP contribution in [0.15, 0.2) is 61.2 Å². The molecule has 0 aliphatic heterocycles. The molecule has 0 aromatic heterocycles. The second-order valence-corrected chi connectivity index (χ2v) is 5.02. The number of benzene rings is 2. The maximum absolute atomic E-state index is 12.9. The van der Waals surface area contributed by atoms with Crippen LogP contribution in [0.4, 0.5) is 10.1 Å². The summed E-state index contributed by atoms with van der Waals surface area (Å²) in [6, 6.07) is 12.2. The number of carbonyl (C=O) groups is 2. The Bertz CT molecular complexity index is 709. The van der Waals surface area contributed by atoms with Crippen LogP contribution in [-0.2, 0) is 4.79 Å². The van der Waals surface area contributed by atoms with Crippen molar-refractivity contribution < 1.29 is 14.0 Å². The van der Waals surface area contributed by atoms with Crippen molar-refractivity contribution >= 4 is 17.5 Å². The molecule has 2 rings (SSSR count). The lowest BCUT2D eigenvalue weighted by molar-refractivity contribution is -0.111. The van der Waals surface area contributed by atoms with Gasteiger partial charge >= 0.3 is 0 Å². The number of halogens is 1. The maximum Gasteiger partial charge on any atom is 0.251 e. The van der Waals surface area contributed by atoms with Gasteiger partial charge in [-0.05, 0) is 55.0 Å². The highest BCUT2D eigenvalue weighted by Crippen LogP contribution is 2.15. The van der Waals surface area contributed by atoms with Crippen LogP contribution in [0.3, 0.4) is 0 Å². The van der Waals surface area contributed by atoms with Crippen LogP contribution < -0.4 is 10.6 Å². The molecule has 0 aliphatic rings. The first-order chi connectivity index (χ1) is 11.0. The summed E-state index contributed by atoms with van der Waals surface area (Å²) in [5.74, 6) is -0.875. The first-order valence-electron chi connectivity index (χ1n) is 7.09. The summed E-state index contributed by atoms with van der Waals surface area (Å²) in [5.41, 5.74) is 1.86. The Kier molecular flexibility index (Phi) is 5.25. The van der Waals surface area contributed by atoms with Gasteiger partial charge in [-0.1, -0.05) is 18.7 Å². The van der Waals surface area contributed by atoms with E-state index in [0.29, 0.717) is 11.3 Å². The van der Waals surface area contributed by atoms with Gasteiger partial charge in [-0.2, -0.15) is 0 Å². The molecule has 0 aliphatic carbocycles. The number of rotatable bonds is 5. The summed E-state index contributed by atoms with van der Waals surface area (Å²) in [4.78, 5) is 23.4. The molecule has 1 unspecified atom stereocenters. The highest BCUT2D eigenvalue weighted by molar-refractivity contribution is 5.99. The van der Waals surface area contributed by atoms with E-state index in [9.17, 15) is 14.0 Å². The smallest absolute Gasteiger partial charge is 0.251 e. The predicted molar refractivity (Wildman–Crippen MR) is 87.5 cm³/mol. The third kappa shape index (κ3) is 4.51. The van der Waals surface area contributed by atoms with Gasteiger partial charge in [0.05, 0.1) is 6.04 Å². The molecule has 2 N–H and O–H groups in total. The molecule has 0 saturated carbocycles. The quantitative estimate of drug-likeness (QED) is 0.831. The van der Waals surface area contributed by atoms with Crippen LogP contribution in [0.25, 0.3) is 0 Å². The summed E-state index contributed by atoms with van der Waals surface area (Å²) in [6.45, 7) is 5.19. The fraction of sp³-hybridized carbons (Fsp3) is 0.111. The normalized spacial score (nSPS) is 11.4. The molecule has 0 fully saturated rings. The molecule has 0 saturated heterocycles. The zero-order chi connectivity index (χ0) is 16.8. The lowest BCUT2D eigenvalue weighted by atomic mass is 10.1. The van der Waals surface area contributed by atoms with E-state index >= 15 is 0 Å². The van der Waals surface area contributed by atoms with Crippen molar-refractivity contribution in [2.45, 2.75) is 13.0 Å². The Balaban J connectivity index is 2.01. The lowest BCUT2D eigenvalue weighted by Gasteiger charge is -2.14. The Morgan fingerprint density at radius 1 is 1.09 bits per heavy atom. The Labute approximate surface area is 134 Å². The largest absolute Gasteiger partial charge is 0.346 e. The molecule has 4 nitrogen and oxygen atoms in total. The monoisotopic (exact) mass is 312 g/mol. The van der Waals surface area contributed by atoms with Crippen LogP contribution >= 0.6 is 0 Å². The molecule has 2 aromatic rings. The van der Waals surface area contributed by atoms with Crippen LogP contribution in [0.2, 0.25) is 0 Å². The summed E-state index contributed by atoms with van der Waals surface area (Å²) in [6.07, 6.45) is 1.17. The minimum atomic E-state index is -0.315. The summed E-state index contributed by atoms with van der Waals surface area (Å²) < 4.78 is 12.9. The second-order valence-electron chi connectivity index (χ2n) is 5.02. The van der Waals surface area contributed by atoms with Gasteiger partial charge in [0.15, 0.2) is 0 Å². The molecule has 2 aromatic carbocycles. The van der Waals surface area contributed by atoms with Gasteiger partial charge in [0.25, 0.3) is 5.91 Å². The number of hydrogen-bond donors (Lipinski definition) is 2. The van der Waals surface area contributed by atoms with E-state index in [0.717, 1.165) is 5.56 Å². The molecule has 118 valence electrons. The van der Waals surface area contributed by atoms with Gasteiger partial charge in [0.1, 0.15) is 5.82 Å². The van der Waals surface area contributed by atoms with Crippen molar-refractivity contribution in [1.29, 1.82) is 0 Å². The number of carbonyl (C=O) groups excluding carboxylic acids is 2. The van der Waals surface area contributed by atoms with Crippen LogP contribution in [-0.4, -0.2) is 11.8 Å². The van der Waals surface area contributed by atoms with Crippen molar-refractivity contribution in [1.82, 2.24) is 5.32 Å². The highest BCUT2D eigenvalue weighted by atomic mass is 19.1. The maximum atomic E-state index is 12.9. The average molecular weight is 312 g/mol. The van der Waals surface area contributed by atoms with Crippen molar-refractivity contribution in [3.8, 4) is 0 Å². The van der Waals surface area contributed by atoms with E-state index in [1.54, 1.807) is 36.4 Å². The van der Waals surface area contributed by atoms with Crippen molar-refractivity contribution in [3.05, 3.63) is 78.1 Å². The van der Waals surface area contributed by atoms with Crippen LogP contribution in [0, 0.1) is 5.82 Å². The molecule has 23 heavy (non-hydrogen) atoms. The fourth-order valence-electron chi connectivity index (χ4n) is 2.01. The topological polar surface area (TPSA) is 58.2 Å². The molecular weight excluding hydrogens is 295 g/mol. The van der Waals surface area contributed by atoms with E-state index in [1.807, 2.05) is 6.92 Å². The molecule has 0 radical (unpaired) electrons. The Morgan fingerprint density at radius 3 is 2.26 bits per heavy atom. The van der Waals surface area contributed by atoms with Gasteiger partial charge < -0.3 is 10.6 Å².